The van der Waals surface area contributed by atoms with E-state index in [-0.39, 0.29) is 11.7 Å². The van der Waals surface area contributed by atoms with E-state index in [9.17, 15) is 9.59 Å². The van der Waals surface area contributed by atoms with E-state index in [2.05, 4.69) is 5.32 Å². The molecule has 2 N–H and O–H groups in total. The minimum Gasteiger partial charge on any atom is -0.490 e. The smallest absolute Gasteiger partial charge is 0.341 e. The maximum absolute atomic E-state index is 12.1. The molecule has 0 unspecified atom stereocenters. The van der Waals surface area contributed by atoms with Crippen molar-refractivity contribution in [1.82, 2.24) is 5.32 Å². The van der Waals surface area contributed by atoms with Crippen molar-refractivity contribution in [2.45, 2.75) is 13.5 Å². The molecule has 0 spiro atoms. The first-order chi connectivity index (χ1) is 11.1. The van der Waals surface area contributed by atoms with Gasteiger partial charge in [0.15, 0.2) is 18.1 Å². The first-order valence-corrected chi connectivity index (χ1v) is 7.01. The van der Waals surface area contributed by atoms with Crippen LogP contribution in [-0.2, 0) is 11.3 Å². The van der Waals surface area contributed by atoms with Crippen LogP contribution in [0.15, 0.2) is 41.2 Å². The molecule has 0 saturated heterocycles. The number of carboxylic acids is 1. The van der Waals surface area contributed by atoms with E-state index in [0.717, 1.165) is 5.56 Å². The lowest BCUT2D eigenvalue weighted by Crippen LogP contribution is -2.22. The molecule has 1 aromatic heterocycles. The molecule has 1 heterocycles. The second-order valence-electron chi connectivity index (χ2n) is 4.59. The zero-order valence-corrected chi connectivity index (χ0v) is 12.6. The fourth-order valence-corrected chi connectivity index (χ4v) is 1.85. The maximum atomic E-state index is 12.1. The highest BCUT2D eigenvalue weighted by Gasteiger charge is 2.12. The van der Waals surface area contributed by atoms with Crippen molar-refractivity contribution in [2.24, 2.45) is 0 Å². The van der Waals surface area contributed by atoms with Crippen LogP contribution in [0, 0.1) is 0 Å². The number of hydrogen-bond acceptors (Lipinski definition) is 5. The number of amides is 1. The lowest BCUT2D eigenvalue weighted by atomic mass is 10.2. The topological polar surface area (TPSA) is 98.0 Å². The number of ether oxygens (including phenoxy) is 2. The third-order valence-corrected chi connectivity index (χ3v) is 2.89. The predicted molar refractivity (Wildman–Crippen MR) is 80.6 cm³/mol. The Morgan fingerprint density at radius 2 is 2.04 bits per heavy atom. The van der Waals surface area contributed by atoms with Crippen LogP contribution in [0.3, 0.4) is 0 Å². The van der Waals surface area contributed by atoms with E-state index >= 15 is 0 Å². The average Bonchev–Trinajstić information content (AvgIpc) is 3.05. The van der Waals surface area contributed by atoms with Crippen LogP contribution in [0.5, 0.6) is 11.5 Å². The van der Waals surface area contributed by atoms with Gasteiger partial charge < -0.3 is 24.3 Å². The van der Waals surface area contributed by atoms with E-state index in [0.29, 0.717) is 24.5 Å². The van der Waals surface area contributed by atoms with Gasteiger partial charge in [0.2, 0.25) is 0 Å². The fraction of sp³-hybridized carbons (Fsp3) is 0.250. The van der Waals surface area contributed by atoms with Crippen molar-refractivity contribution in [3.8, 4) is 11.5 Å². The van der Waals surface area contributed by atoms with Gasteiger partial charge in [-0.3, -0.25) is 4.79 Å². The van der Waals surface area contributed by atoms with Crippen molar-refractivity contribution in [3.05, 3.63) is 47.9 Å². The first kappa shape index (κ1) is 16.4. The minimum absolute atomic E-state index is 0.278. The maximum Gasteiger partial charge on any atom is 0.341 e. The predicted octanol–water partition coefficient (Wildman–Crippen LogP) is 2.07. The molecule has 1 aromatic carbocycles. The van der Waals surface area contributed by atoms with Crippen molar-refractivity contribution < 1.29 is 28.6 Å². The Hall–Kier alpha value is -2.96. The number of carbonyl (C=O) groups is 2. The molecule has 0 aliphatic heterocycles. The third-order valence-electron chi connectivity index (χ3n) is 2.89. The van der Waals surface area contributed by atoms with Crippen molar-refractivity contribution in [3.63, 3.8) is 0 Å². The quantitative estimate of drug-likeness (QED) is 0.773. The van der Waals surface area contributed by atoms with Gasteiger partial charge in [-0.15, -0.1) is 0 Å². The Labute approximate surface area is 132 Å². The molecule has 0 aliphatic rings. The monoisotopic (exact) mass is 319 g/mol. The van der Waals surface area contributed by atoms with E-state index in [1.54, 1.807) is 25.3 Å². The summed E-state index contributed by atoms with van der Waals surface area (Å²) in [7, 11) is 0. The summed E-state index contributed by atoms with van der Waals surface area (Å²) in [4.78, 5) is 22.7. The van der Waals surface area contributed by atoms with Crippen molar-refractivity contribution >= 4 is 11.9 Å². The summed E-state index contributed by atoms with van der Waals surface area (Å²) in [5.74, 6) is -0.767. The molecule has 2 rings (SSSR count). The summed E-state index contributed by atoms with van der Waals surface area (Å²) in [6.45, 7) is 2.01. The molecule has 23 heavy (non-hydrogen) atoms. The van der Waals surface area contributed by atoms with Gasteiger partial charge in [-0.05, 0) is 31.2 Å². The number of rotatable bonds is 8. The zero-order valence-electron chi connectivity index (χ0n) is 12.6. The molecule has 7 heteroatoms. The minimum atomic E-state index is -1.09. The summed E-state index contributed by atoms with van der Waals surface area (Å²) in [6.07, 6.45) is 3.08. The van der Waals surface area contributed by atoms with Gasteiger partial charge in [-0.2, -0.15) is 0 Å². The largest absolute Gasteiger partial charge is 0.490 e. The molecule has 7 nitrogen and oxygen atoms in total. The molecular weight excluding hydrogens is 302 g/mol. The molecule has 0 aliphatic carbocycles. The fourth-order valence-electron chi connectivity index (χ4n) is 1.85. The summed E-state index contributed by atoms with van der Waals surface area (Å²) in [5, 5.41) is 11.4. The normalized spacial score (nSPS) is 10.1. The van der Waals surface area contributed by atoms with Gasteiger partial charge in [-0.25, -0.2) is 4.79 Å². The standard InChI is InChI=1S/C16H17NO6/c1-2-22-14-7-12(3-4-13(14)23-10-15(18)19)16(20)17-8-11-5-6-21-9-11/h3-7,9H,2,8,10H2,1H3,(H,17,20)(H,18,19). The Morgan fingerprint density at radius 3 is 2.70 bits per heavy atom. The lowest BCUT2D eigenvalue weighted by Gasteiger charge is -2.12. The highest BCUT2D eigenvalue weighted by atomic mass is 16.5. The SMILES string of the molecule is CCOc1cc(C(=O)NCc2ccoc2)ccc1OCC(=O)O. The van der Waals surface area contributed by atoms with Gasteiger partial charge in [0.25, 0.3) is 5.91 Å². The number of benzene rings is 1. The van der Waals surface area contributed by atoms with Gasteiger partial charge >= 0.3 is 5.97 Å². The van der Waals surface area contributed by atoms with Crippen LogP contribution < -0.4 is 14.8 Å². The number of hydrogen-bond donors (Lipinski definition) is 2. The van der Waals surface area contributed by atoms with E-state index in [1.807, 2.05) is 0 Å². The van der Waals surface area contributed by atoms with Crippen molar-refractivity contribution in [1.29, 1.82) is 0 Å². The molecule has 0 atom stereocenters. The Morgan fingerprint density at radius 1 is 1.22 bits per heavy atom. The molecule has 0 saturated carbocycles. The second-order valence-corrected chi connectivity index (χ2v) is 4.59. The van der Waals surface area contributed by atoms with Crippen LogP contribution in [0.25, 0.3) is 0 Å². The van der Waals surface area contributed by atoms with Gasteiger partial charge in [0, 0.05) is 17.7 Å². The van der Waals surface area contributed by atoms with E-state index < -0.39 is 12.6 Å². The second kappa shape index (κ2) is 7.88. The summed E-state index contributed by atoms with van der Waals surface area (Å²) >= 11 is 0. The number of furan rings is 1. The van der Waals surface area contributed by atoms with Crippen molar-refractivity contribution in [2.75, 3.05) is 13.2 Å². The highest BCUT2D eigenvalue weighted by molar-refractivity contribution is 5.94. The molecule has 0 radical (unpaired) electrons. The van der Waals surface area contributed by atoms with Gasteiger partial charge in [-0.1, -0.05) is 0 Å². The molecule has 0 bridgehead atoms. The van der Waals surface area contributed by atoms with Crippen LogP contribution in [0.4, 0.5) is 0 Å². The van der Waals surface area contributed by atoms with Gasteiger partial charge in [0.1, 0.15) is 0 Å². The number of aliphatic carboxylic acids is 1. The average molecular weight is 319 g/mol. The number of carboxylic acid groups (broad SMARTS) is 1. The van der Waals surface area contributed by atoms with Gasteiger partial charge in [0.05, 0.1) is 19.1 Å². The number of nitrogens with one attached hydrogen (secondary N) is 1. The first-order valence-electron chi connectivity index (χ1n) is 7.01. The molecular formula is C16H17NO6. The lowest BCUT2D eigenvalue weighted by molar-refractivity contribution is -0.139. The molecule has 2 aromatic rings. The number of carbonyl (C=O) groups excluding carboxylic acids is 1. The highest BCUT2D eigenvalue weighted by Crippen LogP contribution is 2.28. The third kappa shape index (κ3) is 4.77. The van der Waals surface area contributed by atoms with Crippen LogP contribution in [0.1, 0.15) is 22.8 Å². The van der Waals surface area contributed by atoms with Crippen LogP contribution in [-0.4, -0.2) is 30.2 Å². The van der Waals surface area contributed by atoms with E-state index in [4.69, 9.17) is 19.0 Å². The summed E-state index contributed by atoms with van der Waals surface area (Å²) < 4.78 is 15.5. The van der Waals surface area contributed by atoms with Crippen LogP contribution >= 0.6 is 0 Å². The molecule has 0 fully saturated rings. The Kier molecular flexibility index (Phi) is 5.62. The summed E-state index contributed by atoms with van der Waals surface area (Å²) in [5.41, 5.74) is 1.24. The Bertz CT molecular complexity index is 665. The zero-order chi connectivity index (χ0) is 16.7. The Balaban J connectivity index is 2.07. The molecule has 122 valence electrons. The van der Waals surface area contributed by atoms with E-state index in [1.165, 1.54) is 18.4 Å². The van der Waals surface area contributed by atoms with Crippen LogP contribution in [0.2, 0.25) is 0 Å². The summed E-state index contributed by atoms with van der Waals surface area (Å²) in [6, 6.07) is 6.34. The molecule has 1 amide bonds.